The monoisotopic (exact) mass is 322 g/mol. The maximum Gasteiger partial charge on any atom is 0.307 e. The number of carbonyl (C=O) groups is 1. The van der Waals surface area contributed by atoms with Gasteiger partial charge in [0.25, 0.3) is 0 Å². The van der Waals surface area contributed by atoms with Gasteiger partial charge in [-0.25, -0.2) is 5.43 Å². The first-order chi connectivity index (χ1) is 11.6. The van der Waals surface area contributed by atoms with Crippen molar-refractivity contribution in [1.82, 2.24) is 5.43 Å². The number of methoxy groups -OCH3 is 1. The zero-order valence-electron chi connectivity index (χ0n) is 13.8. The molecule has 1 aromatic heterocycles. The Morgan fingerprint density at radius 2 is 1.83 bits per heavy atom. The number of hydrogen-bond donors (Lipinski definition) is 1. The van der Waals surface area contributed by atoms with Crippen molar-refractivity contribution in [1.29, 1.82) is 0 Å². The van der Waals surface area contributed by atoms with E-state index in [9.17, 15) is 4.79 Å². The molecule has 24 heavy (non-hydrogen) atoms. The number of carbonyl (C=O) groups excluding carboxylic acids is 1. The van der Waals surface area contributed by atoms with E-state index < -0.39 is 0 Å². The van der Waals surface area contributed by atoms with E-state index in [2.05, 4.69) is 10.5 Å². The molecule has 5 nitrogen and oxygen atoms in total. The Hall–Kier alpha value is -3.08. The Morgan fingerprint density at radius 3 is 2.50 bits per heavy atom. The van der Waals surface area contributed by atoms with Gasteiger partial charge in [0.2, 0.25) is 0 Å². The summed E-state index contributed by atoms with van der Waals surface area (Å²) in [7, 11) is 1.62. The number of nitrogens with zero attached hydrogens (tertiary/aromatic N) is 1. The fourth-order valence-corrected chi connectivity index (χ4v) is 2.47. The minimum atomic E-state index is -0.364. The van der Waals surface area contributed by atoms with Crippen molar-refractivity contribution < 1.29 is 13.9 Å². The van der Waals surface area contributed by atoms with E-state index >= 15 is 0 Å². The standard InChI is InChI=1S/C19H18N2O3/c1-12-16-6-4-5-7-17(16)24-18(12)19(22)21-20-13(2)14-8-10-15(23-3)11-9-14/h4-11H,1-3H3,(H,21,22)/b20-13-. The lowest BCUT2D eigenvalue weighted by atomic mass is 10.1. The minimum Gasteiger partial charge on any atom is -0.497 e. The molecule has 3 aromatic rings. The third-order valence-corrected chi connectivity index (χ3v) is 3.88. The van der Waals surface area contributed by atoms with Gasteiger partial charge < -0.3 is 9.15 Å². The molecule has 1 amide bonds. The van der Waals surface area contributed by atoms with Gasteiger partial charge in [0.05, 0.1) is 12.8 Å². The molecule has 0 atom stereocenters. The quantitative estimate of drug-likeness (QED) is 0.585. The predicted molar refractivity (Wildman–Crippen MR) is 93.6 cm³/mol. The normalized spacial score (nSPS) is 11.5. The second-order valence-corrected chi connectivity index (χ2v) is 5.42. The van der Waals surface area contributed by atoms with Crippen LogP contribution in [0.5, 0.6) is 5.75 Å². The summed E-state index contributed by atoms with van der Waals surface area (Å²) in [5.74, 6) is 0.688. The molecular weight excluding hydrogens is 304 g/mol. The van der Waals surface area contributed by atoms with Crippen molar-refractivity contribution in [3.05, 3.63) is 65.4 Å². The molecule has 0 aliphatic heterocycles. The molecule has 3 rings (SSSR count). The number of fused-ring (bicyclic) bond motifs is 1. The zero-order chi connectivity index (χ0) is 17.1. The van der Waals surface area contributed by atoms with Gasteiger partial charge in [0.1, 0.15) is 11.3 Å². The second kappa shape index (κ2) is 6.58. The number of nitrogens with one attached hydrogen (secondary N) is 1. The average molecular weight is 322 g/mol. The summed E-state index contributed by atoms with van der Waals surface area (Å²) in [5.41, 5.74) is 5.64. The SMILES string of the molecule is COc1ccc(/C(C)=N\NC(=O)c2oc3ccccc3c2C)cc1. The zero-order valence-corrected chi connectivity index (χ0v) is 13.8. The molecule has 0 radical (unpaired) electrons. The van der Waals surface area contributed by atoms with Crippen LogP contribution < -0.4 is 10.2 Å². The number of rotatable bonds is 4. The molecule has 1 heterocycles. The maximum absolute atomic E-state index is 12.3. The van der Waals surface area contributed by atoms with Crippen LogP contribution in [0.2, 0.25) is 0 Å². The summed E-state index contributed by atoms with van der Waals surface area (Å²) in [6, 6.07) is 15.0. The Morgan fingerprint density at radius 1 is 1.12 bits per heavy atom. The molecule has 0 saturated carbocycles. The maximum atomic E-state index is 12.3. The predicted octanol–water partition coefficient (Wildman–Crippen LogP) is 3.90. The van der Waals surface area contributed by atoms with Crippen LogP contribution in [0.4, 0.5) is 0 Å². The molecular formula is C19H18N2O3. The number of hydrazone groups is 1. The number of amides is 1. The molecule has 0 unspecified atom stereocenters. The summed E-state index contributed by atoms with van der Waals surface area (Å²) in [6.45, 7) is 3.69. The summed E-state index contributed by atoms with van der Waals surface area (Å²) < 4.78 is 10.8. The Balaban J connectivity index is 1.79. The van der Waals surface area contributed by atoms with Gasteiger partial charge in [0.15, 0.2) is 5.76 Å². The van der Waals surface area contributed by atoms with Gasteiger partial charge in [0, 0.05) is 10.9 Å². The lowest BCUT2D eigenvalue weighted by Crippen LogP contribution is -2.19. The summed E-state index contributed by atoms with van der Waals surface area (Å²) >= 11 is 0. The van der Waals surface area contributed by atoms with E-state index in [1.54, 1.807) is 7.11 Å². The highest BCUT2D eigenvalue weighted by molar-refractivity contribution is 6.02. The fourth-order valence-electron chi connectivity index (χ4n) is 2.47. The average Bonchev–Trinajstić information content (AvgIpc) is 2.96. The molecule has 0 bridgehead atoms. The van der Waals surface area contributed by atoms with Crippen molar-refractivity contribution in [2.24, 2.45) is 5.10 Å². The number of hydrogen-bond acceptors (Lipinski definition) is 4. The number of furan rings is 1. The van der Waals surface area contributed by atoms with Crippen molar-refractivity contribution in [2.45, 2.75) is 13.8 Å². The number of ether oxygens (including phenoxy) is 1. The van der Waals surface area contributed by atoms with Crippen molar-refractivity contribution in [2.75, 3.05) is 7.11 Å². The van der Waals surface area contributed by atoms with Gasteiger partial charge in [-0.05, 0) is 49.7 Å². The smallest absolute Gasteiger partial charge is 0.307 e. The number of aryl methyl sites for hydroxylation is 1. The van der Waals surface area contributed by atoms with E-state index in [4.69, 9.17) is 9.15 Å². The van der Waals surface area contributed by atoms with Crippen LogP contribution >= 0.6 is 0 Å². The van der Waals surface area contributed by atoms with Crippen molar-refractivity contribution in [3.8, 4) is 5.75 Å². The number of para-hydroxylation sites is 1. The van der Waals surface area contributed by atoms with E-state index in [-0.39, 0.29) is 11.7 Å². The van der Waals surface area contributed by atoms with E-state index in [0.717, 1.165) is 22.3 Å². The first-order valence-electron chi connectivity index (χ1n) is 7.57. The van der Waals surface area contributed by atoms with E-state index in [1.165, 1.54) is 0 Å². The second-order valence-electron chi connectivity index (χ2n) is 5.42. The molecule has 2 aromatic carbocycles. The fraction of sp³-hybridized carbons (Fsp3) is 0.158. The Kier molecular flexibility index (Phi) is 4.33. The molecule has 5 heteroatoms. The highest BCUT2D eigenvalue weighted by atomic mass is 16.5. The number of benzene rings is 2. The Bertz CT molecular complexity index is 908. The molecule has 0 aliphatic carbocycles. The highest BCUT2D eigenvalue weighted by Gasteiger charge is 2.16. The molecule has 1 N–H and O–H groups in total. The first-order valence-corrected chi connectivity index (χ1v) is 7.57. The molecule has 0 aliphatic rings. The topological polar surface area (TPSA) is 63.8 Å². The largest absolute Gasteiger partial charge is 0.497 e. The van der Waals surface area contributed by atoms with Gasteiger partial charge in [-0.15, -0.1) is 0 Å². The molecule has 122 valence electrons. The summed E-state index contributed by atoms with van der Waals surface area (Å²) in [6.07, 6.45) is 0. The molecule has 0 saturated heterocycles. The van der Waals surface area contributed by atoms with Crippen LogP contribution in [-0.2, 0) is 0 Å². The van der Waals surface area contributed by atoms with Gasteiger partial charge in [-0.3, -0.25) is 4.79 Å². The van der Waals surface area contributed by atoms with Crippen LogP contribution in [0, 0.1) is 6.92 Å². The van der Waals surface area contributed by atoms with Crippen LogP contribution in [0.15, 0.2) is 58.0 Å². The summed E-state index contributed by atoms with van der Waals surface area (Å²) in [4.78, 5) is 12.3. The van der Waals surface area contributed by atoms with Crippen LogP contribution in [0.25, 0.3) is 11.0 Å². The van der Waals surface area contributed by atoms with Gasteiger partial charge >= 0.3 is 5.91 Å². The van der Waals surface area contributed by atoms with Crippen molar-refractivity contribution in [3.63, 3.8) is 0 Å². The van der Waals surface area contributed by atoms with Gasteiger partial charge in [-0.2, -0.15) is 5.10 Å². The lowest BCUT2D eigenvalue weighted by Gasteiger charge is -2.04. The minimum absolute atomic E-state index is 0.280. The van der Waals surface area contributed by atoms with Crippen LogP contribution in [-0.4, -0.2) is 18.7 Å². The van der Waals surface area contributed by atoms with Crippen molar-refractivity contribution >= 4 is 22.6 Å². The van der Waals surface area contributed by atoms with Crippen LogP contribution in [0.3, 0.4) is 0 Å². The highest BCUT2D eigenvalue weighted by Crippen LogP contribution is 2.24. The molecule has 0 fully saturated rings. The first kappa shape index (κ1) is 15.8. The molecule has 0 spiro atoms. The third-order valence-electron chi connectivity index (χ3n) is 3.88. The van der Waals surface area contributed by atoms with Crippen LogP contribution in [0.1, 0.15) is 28.6 Å². The third kappa shape index (κ3) is 3.01. The van der Waals surface area contributed by atoms with E-state index in [0.29, 0.717) is 11.3 Å². The lowest BCUT2D eigenvalue weighted by molar-refractivity contribution is 0.0928. The Labute approximate surface area is 139 Å². The van der Waals surface area contributed by atoms with E-state index in [1.807, 2.05) is 62.4 Å². The summed E-state index contributed by atoms with van der Waals surface area (Å²) in [5, 5.41) is 5.08. The van der Waals surface area contributed by atoms with Gasteiger partial charge in [-0.1, -0.05) is 18.2 Å².